The number of thioether (sulfide) groups is 1. The van der Waals surface area contributed by atoms with E-state index >= 15 is 0 Å². The Morgan fingerprint density at radius 2 is 1.77 bits per heavy atom. The van der Waals surface area contributed by atoms with Gasteiger partial charge in [-0.05, 0) is 53.9 Å². The van der Waals surface area contributed by atoms with Crippen molar-refractivity contribution in [3.63, 3.8) is 0 Å². The molecule has 0 aromatic heterocycles. The van der Waals surface area contributed by atoms with Gasteiger partial charge in [-0.15, -0.1) is 0 Å². The maximum Gasteiger partial charge on any atom is 0.234 e. The zero-order valence-electron chi connectivity index (χ0n) is 19.3. The van der Waals surface area contributed by atoms with Crippen LogP contribution >= 0.6 is 11.8 Å². The highest BCUT2D eigenvalue weighted by molar-refractivity contribution is 8.15. The molecule has 1 N–H and O–H groups in total. The SMILES string of the molecule is COc1ccc(N=C2S[C@H](C(=O)NCCc3ccccc3)CC(=O)N2Cc2ccc(F)cc2)cc1. The number of carbonyl (C=O) groups is 2. The number of carbonyl (C=O) groups excluding carboxylic acids is 2. The van der Waals surface area contributed by atoms with Gasteiger partial charge in [-0.1, -0.05) is 54.2 Å². The second-order valence-corrected chi connectivity index (χ2v) is 9.21. The molecule has 35 heavy (non-hydrogen) atoms. The minimum absolute atomic E-state index is 0.0602. The van der Waals surface area contributed by atoms with Crippen molar-refractivity contribution in [2.24, 2.45) is 4.99 Å². The first-order valence-corrected chi connectivity index (χ1v) is 12.2. The molecule has 6 nitrogen and oxygen atoms in total. The van der Waals surface area contributed by atoms with Gasteiger partial charge in [-0.2, -0.15) is 0 Å². The van der Waals surface area contributed by atoms with Gasteiger partial charge >= 0.3 is 0 Å². The van der Waals surface area contributed by atoms with Crippen molar-refractivity contribution in [3.05, 3.63) is 95.8 Å². The molecule has 0 saturated carbocycles. The van der Waals surface area contributed by atoms with Gasteiger partial charge in [0.05, 0.1) is 24.6 Å². The topological polar surface area (TPSA) is 71.0 Å². The lowest BCUT2D eigenvalue weighted by Gasteiger charge is -2.32. The third-order valence-electron chi connectivity index (χ3n) is 5.54. The van der Waals surface area contributed by atoms with Gasteiger partial charge < -0.3 is 10.1 Å². The summed E-state index contributed by atoms with van der Waals surface area (Å²) in [6.07, 6.45) is 0.770. The van der Waals surface area contributed by atoms with E-state index in [2.05, 4.69) is 10.3 Å². The Morgan fingerprint density at radius 1 is 1.06 bits per heavy atom. The van der Waals surface area contributed by atoms with Crippen molar-refractivity contribution < 1.29 is 18.7 Å². The number of benzene rings is 3. The number of nitrogens with one attached hydrogen (secondary N) is 1. The maximum atomic E-state index is 13.4. The Labute approximate surface area is 208 Å². The highest BCUT2D eigenvalue weighted by atomic mass is 32.2. The summed E-state index contributed by atoms with van der Waals surface area (Å²) in [5, 5.41) is 2.79. The van der Waals surface area contributed by atoms with Crippen LogP contribution in [0.25, 0.3) is 0 Å². The average Bonchev–Trinajstić information content (AvgIpc) is 2.88. The second kappa shape index (κ2) is 11.7. The first-order chi connectivity index (χ1) is 17.0. The van der Waals surface area contributed by atoms with Crippen LogP contribution < -0.4 is 10.1 Å². The summed E-state index contributed by atoms with van der Waals surface area (Å²) in [7, 11) is 1.59. The molecule has 1 saturated heterocycles. The van der Waals surface area contributed by atoms with E-state index in [1.54, 1.807) is 48.4 Å². The number of rotatable bonds is 8. The lowest BCUT2D eigenvalue weighted by Crippen LogP contribution is -2.46. The van der Waals surface area contributed by atoms with Crippen LogP contribution in [-0.2, 0) is 22.6 Å². The molecule has 2 amide bonds. The molecule has 1 fully saturated rings. The molecule has 3 aromatic rings. The number of hydrogen-bond acceptors (Lipinski definition) is 5. The van der Waals surface area contributed by atoms with Crippen LogP contribution in [0.5, 0.6) is 5.75 Å². The van der Waals surface area contributed by atoms with E-state index in [9.17, 15) is 14.0 Å². The highest BCUT2D eigenvalue weighted by Gasteiger charge is 2.35. The lowest BCUT2D eigenvalue weighted by atomic mass is 10.1. The fourth-order valence-corrected chi connectivity index (χ4v) is 4.75. The van der Waals surface area contributed by atoms with Crippen LogP contribution in [0, 0.1) is 5.82 Å². The van der Waals surface area contributed by atoms with Gasteiger partial charge in [-0.25, -0.2) is 9.38 Å². The summed E-state index contributed by atoms with van der Waals surface area (Å²) >= 11 is 1.26. The Hall–Kier alpha value is -3.65. The molecule has 1 aliphatic heterocycles. The molecule has 3 aromatic carbocycles. The number of halogens is 1. The summed E-state index contributed by atoms with van der Waals surface area (Å²) in [5.41, 5.74) is 2.54. The number of aliphatic imine (C=N–C) groups is 1. The molecule has 180 valence electrons. The summed E-state index contributed by atoms with van der Waals surface area (Å²) in [5.74, 6) is -0.0423. The molecule has 0 aliphatic carbocycles. The first-order valence-electron chi connectivity index (χ1n) is 11.3. The van der Waals surface area contributed by atoms with Crippen LogP contribution in [0.4, 0.5) is 10.1 Å². The van der Waals surface area contributed by atoms with Gasteiger partial charge in [0.1, 0.15) is 11.6 Å². The van der Waals surface area contributed by atoms with Gasteiger partial charge in [0.15, 0.2) is 5.17 Å². The predicted octanol–water partition coefficient (Wildman–Crippen LogP) is 4.72. The van der Waals surface area contributed by atoms with Gasteiger partial charge in [-0.3, -0.25) is 14.5 Å². The third-order valence-corrected chi connectivity index (χ3v) is 6.73. The minimum atomic E-state index is -0.584. The van der Waals surface area contributed by atoms with Crippen molar-refractivity contribution in [1.29, 1.82) is 0 Å². The van der Waals surface area contributed by atoms with Crippen molar-refractivity contribution in [1.82, 2.24) is 10.2 Å². The average molecular weight is 492 g/mol. The molecule has 8 heteroatoms. The number of amidine groups is 1. The highest BCUT2D eigenvalue weighted by Crippen LogP contribution is 2.31. The molecule has 4 rings (SSSR count). The molecular weight excluding hydrogens is 465 g/mol. The quantitative estimate of drug-likeness (QED) is 0.495. The van der Waals surface area contributed by atoms with E-state index in [1.807, 2.05) is 30.3 Å². The molecule has 0 spiro atoms. The smallest absolute Gasteiger partial charge is 0.234 e. The fourth-order valence-electron chi connectivity index (χ4n) is 3.62. The monoisotopic (exact) mass is 491 g/mol. The Bertz CT molecular complexity index is 1180. The van der Waals surface area contributed by atoms with Crippen LogP contribution in [0.2, 0.25) is 0 Å². The Morgan fingerprint density at radius 3 is 2.46 bits per heavy atom. The van der Waals surface area contributed by atoms with E-state index in [1.165, 1.54) is 23.9 Å². The zero-order chi connectivity index (χ0) is 24.6. The maximum absolute atomic E-state index is 13.4. The third kappa shape index (κ3) is 6.70. The minimum Gasteiger partial charge on any atom is -0.497 e. The standard InChI is InChI=1S/C27H26FN3O3S/c1-34-23-13-11-22(12-14-23)30-27-31(18-20-7-9-21(28)10-8-20)25(32)17-24(35-27)26(33)29-16-15-19-5-3-2-4-6-19/h2-14,24H,15-18H2,1H3,(H,29,33)/t24-/m0/s1. The number of ether oxygens (including phenoxy) is 1. The molecule has 1 aliphatic rings. The largest absolute Gasteiger partial charge is 0.497 e. The lowest BCUT2D eigenvalue weighted by molar-refractivity contribution is -0.130. The van der Waals surface area contributed by atoms with Crippen LogP contribution in [0.1, 0.15) is 17.5 Å². The Balaban J connectivity index is 1.50. The molecule has 0 unspecified atom stereocenters. The summed E-state index contributed by atoms with van der Waals surface area (Å²) in [4.78, 5) is 32.3. The molecule has 1 atom stereocenters. The van der Waals surface area contributed by atoms with Crippen molar-refractivity contribution >= 4 is 34.4 Å². The summed E-state index contributed by atoms with van der Waals surface area (Å²) < 4.78 is 18.6. The molecule has 1 heterocycles. The van der Waals surface area contributed by atoms with E-state index in [0.717, 1.165) is 11.1 Å². The van der Waals surface area contributed by atoms with Crippen LogP contribution in [0.3, 0.4) is 0 Å². The van der Waals surface area contributed by atoms with Crippen LogP contribution in [-0.4, -0.2) is 40.8 Å². The van der Waals surface area contributed by atoms with Gasteiger partial charge in [0.2, 0.25) is 11.8 Å². The van der Waals surface area contributed by atoms with Crippen molar-refractivity contribution in [3.8, 4) is 5.75 Å². The second-order valence-electron chi connectivity index (χ2n) is 8.04. The van der Waals surface area contributed by atoms with Crippen molar-refractivity contribution in [2.45, 2.75) is 24.6 Å². The molecule has 0 radical (unpaired) electrons. The van der Waals surface area contributed by atoms with E-state index in [4.69, 9.17) is 4.74 Å². The number of nitrogens with zero attached hydrogens (tertiary/aromatic N) is 2. The first kappa shape index (κ1) is 24.5. The van der Waals surface area contributed by atoms with Crippen molar-refractivity contribution in [2.75, 3.05) is 13.7 Å². The Kier molecular flexibility index (Phi) is 8.15. The van der Waals surface area contributed by atoms with Crippen LogP contribution in [0.15, 0.2) is 83.9 Å². The van der Waals surface area contributed by atoms with E-state index in [-0.39, 0.29) is 30.6 Å². The summed E-state index contributed by atoms with van der Waals surface area (Å²) in [6.45, 7) is 0.724. The fraction of sp³-hybridized carbons (Fsp3) is 0.222. The predicted molar refractivity (Wildman–Crippen MR) is 136 cm³/mol. The number of amides is 2. The summed E-state index contributed by atoms with van der Waals surface area (Å²) in [6, 6.07) is 23.0. The van der Waals surface area contributed by atoms with E-state index in [0.29, 0.717) is 29.6 Å². The van der Waals surface area contributed by atoms with Gasteiger partial charge in [0, 0.05) is 13.0 Å². The normalized spacial score (nSPS) is 16.9. The van der Waals surface area contributed by atoms with Gasteiger partial charge in [0.25, 0.3) is 0 Å². The molecule has 0 bridgehead atoms. The van der Waals surface area contributed by atoms with E-state index < -0.39 is 5.25 Å². The number of methoxy groups -OCH3 is 1. The zero-order valence-corrected chi connectivity index (χ0v) is 20.1. The number of hydrogen-bond donors (Lipinski definition) is 1. The molecular formula is C27H26FN3O3S.